The number of fused-ring (bicyclic) bond motifs is 2. The summed E-state index contributed by atoms with van der Waals surface area (Å²) < 4.78 is 13.4. The number of hydrogen-bond acceptors (Lipinski definition) is 2. The van der Waals surface area contributed by atoms with Gasteiger partial charge < -0.3 is 10.6 Å². The number of carbonyl (C=O) groups is 1. The van der Waals surface area contributed by atoms with Gasteiger partial charge in [-0.15, -0.1) is 12.4 Å². The summed E-state index contributed by atoms with van der Waals surface area (Å²) in [4.78, 5) is 12.3. The molecule has 0 spiro atoms. The molecule has 1 aromatic carbocycles. The van der Waals surface area contributed by atoms with Gasteiger partial charge in [0.25, 0.3) is 0 Å². The van der Waals surface area contributed by atoms with Crippen molar-refractivity contribution in [3.05, 3.63) is 35.6 Å². The third-order valence-electron chi connectivity index (χ3n) is 5.38. The molecule has 0 aliphatic carbocycles. The fourth-order valence-electron chi connectivity index (χ4n) is 4.01. The van der Waals surface area contributed by atoms with Gasteiger partial charge >= 0.3 is 0 Å². The molecule has 2 N–H and O–H groups in total. The van der Waals surface area contributed by atoms with E-state index in [-0.39, 0.29) is 29.5 Å². The number of carbonyl (C=O) groups excluding carboxylic acids is 1. The van der Waals surface area contributed by atoms with E-state index >= 15 is 0 Å². The van der Waals surface area contributed by atoms with Crippen LogP contribution in [-0.2, 0) is 10.2 Å². The summed E-state index contributed by atoms with van der Waals surface area (Å²) in [6.45, 7) is 4.60. The Labute approximate surface area is 150 Å². The lowest BCUT2D eigenvalue weighted by Gasteiger charge is -2.30. The smallest absolute Gasteiger partial charge is 0.220 e. The molecule has 2 bridgehead atoms. The fraction of sp³-hybridized carbons (Fsp3) is 0.632. The summed E-state index contributed by atoms with van der Waals surface area (Å²) in [6, 6.07) is 7.88. The van der Waals surface area contributed by atoms with Crippen molar-refractivity contribution in [1.29, 1.82) is 0 Å². The van der Waals surface area contributed by atoms with Gasteiger partial charge in [0.2, 0.25) is 5.91 Å². The van der Waals surface area contributed by atoms with Gasteiger partial charge in [-0.25, -0.2) is 4.39 Å². The van der Waals surface area contributed by atoms with Crippen molar-refractivity contribution in [2.75, 3.05) is 6.54 Å². The second-order valence-corrected chi connectivity index (χ2v) is 7.85. The van der Waals surface area contributed by atoms with Gasteiger partial charge in [0.05, 0.1) is 0 Å². The standard InChI is InChI=1S/C19H27FN2O.ClH/c1-19(2,14-4-3-5-15(20)11-14)12-21-18(23)10-13-8-16-6-7-17(9-13)22-16;/h3-5,11,13,16-17,22H,6-10,12H2,1-2H3,(H,21,23);1H. The molecule has 2 fully saturated rings. The Hall–Kier alpha value is -1.13. The third kappa shape index (κ3) is 4.70. The average molecular weight is 355 g/mol. The maximum Gasteiger partial charge on any atom is 0.220 e. The van der Waals surface area contributed by atoms with Crippen molar-refractivity contribution in [3.8, 4) is 0 Å². The molecule has 0 radical (unpaired) electrons. The third-order valence-corrected chi connectivity index (χ3v) is 5.38. The molecule has 2 saturated heterocycles. The Morgan fingerprint density at radius 2 is 1.96 bits per heavy atom. The SMILES string of the molecule is CC(C)(CNC(=O)CC1CC2CCC(C1)N2)c1cccc(F)c1.Cl. The van der Waals surface area contributed by atoms with Gasteiger partial charge in [-0.2, -0.15) is 0 Å². The van der Waals surface area contributed by atoms with Crippen LogP contribution in [-0.4, -0.2) is 24.5 Å². The zero-order chi connectivity index (χ0) is 16.4. The first-order valence-electron chi connectivity index (χ1n) is 8.71. The van der Waals surface area contributed by atoms with Crippen LogP contribution in [0.25, 0.3) is 0 Å². The van der Waals surface area contributed by atoms with Crippen molar-refractivity contribution in [2.24, 2.45) is 5.92 Å². The molecule has 24 heavy (non-hydrogen) atoms. The van der Waals surface area contributed by atoms with Gasteiger partial charge in [0.15, 0.2) is 0 Å². The summed E-state index contributed by atoms with van der Waals surface area (Å²) in [6.07, 6.45) is 5.38. The van der Waals surface area contributed by atoms with Crippen LogP contribution in [0.5, 0.6) is 0 Å². The Bertz CT molecular complexity index is 566. The Kier molecular flexibility index (Phi) is 6.27. The molecule has 134 valence electrons. The van der Waals surface area contributed by atoms with Crippen LogP contribution in [0.1, 0.15) is 51.5 Å². The lowest BCUT2D eigenvalue weighted by Crippen LogP contribution is -2.41. The van der Waals surface area contributed by atoms with Crippen molar-refractivity contribution < 1.29 is 9.18 Å². The summed E-state index contributed by atoms with van der Waals surface area (Å²) >= 11 is 0. The van der Waals surface area contributed by atoms with Gasteiger partial charge in [-0.1, -0.05) is 26.0 Å². The second-order valence-electron chi connectivity index (χ2n) is 7.85. The lowest BCUT2D eigenvalue weighted by molar-refractivity contribution is -0.122. The van der Waals surface area contributed by atoms with E-state index in [9.17, 15) is 9.18 Å². The molecule has 2 heterocycles. The molecule has 5 heteroatoms. The Balaban J connectivity index is 0.00000208. The average Bonchev–Trinajstić information content (AvgIpc) is 2.84. The minimum Gasteiger partial charge on any atom is -0.355 e. The maximum absolute atomic E-state index is 13.4. The van der Waals surface area contributed by atoms with E-state index < -0.39 is 0 Å². The fourth-order valence-corrected chi connectivity index (χ4v) is 4.01. The highest BCUT2D eigenvalue weighted by atomic mass is 35.5. The molecule has 0 aromatic heterocycles. The first-order chi connectivity index (χ1) is 10.9. The number of amides is 1. The van der Waals surface area contributed by atoms with Crippen LogP contribution in [0.3, 0.4) is 0 Å². The predicted octanol–water partition coefficient (Wildman–Crippen LogP) is 3.56. The van der Waals surface area contributed by atoms with Crippen LogP contribution in [0.4, 0.5) is 4.39 Å². The van der Waals surface area contributed by atoms with E-state index in [2.05, 4.69) is 10.6 Å². The topological polar surface area (TPSA) is 41.1 Å². The summed E-state index contributed by atoms with van der Waals surface area (Å²) in [5, 5.41) is 6.67. The van der Waals surface area contributed by atoms with E-state index in [4.69, 9.17) is 0 Å². The van der Waals surface area contributed by atoms with Crippen LogP contribution in [0.15, 0.2) is 24.3 Å². The molecule has 1 aromatic rings. The number of hydrogen-bond donors (Lipinski definition) is 2. The molecular formula is C19H28ClFN2O. The quantitative estimate of drug-likeness (QED) is 0.848. The van der Waals surface area contributed by atoms with Crippen LogP contribution >= 0.6 is 12.4 Å². The largest absolute Gasteiger partial charge is 0.355 e. The highest BCUT2D eigenvalue weighted by Crippen LogP contribution is 2.32. The van der Waals surface area contributed by atoms with E-state index in [1.807, 2.05) is 19.9 Å². The number of nitrogens with one attached hydrogen (secondary N) is 2. The predicted molar refractivity (Wildman–Crippen MR) is 97.0 cm³/mol. The zero-order valence-corrected chi connectivity index (χ0v) is 15.3. The number of piperidine rings is 1. The zero-order valence-electron chi connectivity index (χ0n) is 14.5. The van der Waals surface area contributed by atoms with Crippen LogP contribution in [0.2, 0.25) is 0 Å². The minimum absolute atomic E-state index is 0. The molecule has 1 amide bonds. The molecule has 0 saturated carbocycles. The van der Waals surface area contributed by atoms with E-state index in [0.29, 0.717) is 31.0 Å². The first kappa shape index (κ1) is 19.2. The van der Waals surface area contributed by atoms with E-state index in [0.717, 1.165) is 18.4 Å². The molecule has 2 unspecified atom stereocenters. The van der Waals surface area contributed by atoms with Gasteiger partial charge in [-0.3, -0.25) is 4.79 Å². The first-order valence-corrected chi connectivity index (χ1v) is 8.71. The van der Waals surface area contributed by atoms with E-state index in [1.54, 1.807) is 12.1 Å². The van der Waals surface area contributed by atoms with Gasteiger partial charge in [-0.05, 0) is 49.3 Å². The number of benzene rings is 1. The highest BCUT2D eigenvalue weighted by Gasteiger charge is 2.34. The molecule has 3 nitrogen and oxygen atoms in total. The molecule has 3 rings (SSSR count). The van der Waals surface area contributed by atoms with Crippen molar-refractivity contribution >= 4 is 18.3 Å². The van der Waals surface area contributed by atoms with Crippen molar-refractivity contribution in [2.45, 2.75) is 63.5 Å². The van der Waals surface area contributed by atoms with E-state index in [1.165, 1.54) is 18.9 Å². The van der Waals surface area contributed by atoms with Crippen molar-refractivity contribution in [1.82, 2.24) is 10.6 Å². The van der Waals surface area contributed by atoms with Gasteiger partial charge in [0.1, 0.15) is 5.82 Å². The van der Waals surface area contributed by atoms with Crippen LogP contribution in [0, 0.1) is 11.7 Å². The number of rotatable bonds is 5. The highest BCUT2D eigenvalue weighted by molar-refractivity contribution is 5.85. The maximum atomic E-state index is 13.4. The Morgan fingerprint density at radius 1 is 1.29 bits per heavy atom. The Morgan fingerprint density at radius 3 is 2.58 bits per heavy atom. The summed E-state index contributed by atoms with van der Waals surface area (Å²) in [5.74, 6) is 0.402. The lowest BCUT2D eigenvalue weighted by atomic mass is 9.84. The molecule has 2 aliphatic heterocycles. The van der Waals surface area contributed by atoms with Crippen LogP contribution < -0.4 is 10.6 Å². The molecule has 2 atom stereocenters. The summed E-state index contributed by atoms with van der Waals surface area (Å²) in [7, 11) is 0. The van der Waals surface area contributed by atoms with Gasteiger partial charge in [0, 0.05) is 30.5 Å². The summed E-state index contributed by atoms with van der Waals surface area (Å²) in [5.41, 5.74) is 0.642. The monoisotopic (exact) mass is 354 g/mol. The molecule has 2 aliphatic rings. The van der Waals surface area contributed by atoms with Crippen molar-refractivity contribution in [3.63, 3.8) is 0 Å². The normalized spacial score (nSPS) is 25.9. The number of halogens is 2. The minimum atomic E-state index is -0.273. The molecular weight excluding hydrogens is 327 g/mol. The second kappa shape index (κ2) is 7.83.